The van der Waals surface area contributed by atoms with Gasteiger partial charge in [-0.1, -0.05) is 40.5 Å². The quantitative estimate of drug-likeness (QED) is 0.514. The van der Waals surface area contributed by atoms with Crippen LogP contribution in [-0.4, -0.2) is 18.3 Å². The van der Waals surface area contributed by atoms with Crippen molar-refractivity contribution in [2.45, 2.75) is 98.8 Å². The lowest BCUT2D eigenvalue weighted by Crippen LogP contribution is -2.42. The maximum atomic E-state index is 12.8. The van der Waals surface area contributed by atoms with E-state index in [9.17, 15) is 19.2 Å². The largest absolute Gasteiger partial charge is 0.330 e. The van der Waals surface area contributed by atoms with Crippen molar-refractivity contribution in [3.05, 3.63) is 65.2 Å². The zero-order valence-corrected chi connectivity index (χ0v) is 19.4. The summed E-state index contributed by atoms with van der Waals surface area (Å²) in [7, 11) is 0. The topological polar surface area (TPSA) is 88.0 Å². The van der Waals surface area contributed by atoms with E-state index in [1.165, 1.54) is 9.13 Å². The Morgan fingerprint density at radius 1 is 0.581 bits per heavy atom. The molecule has 0 aliphatic rings. The molecule has 0 fully saturated rings. The SMILES string of the molecule is CCCc1cn(CCCn2cc(CCC)c(=O)n(CCC)c2=O)c(=O)n(CCC)c1=O. The van der Waals surface area contributed by atoms with Crippen molar-refractivity contribution in [2.24, 2.45) is 0 Å². The third kappa shape index (κ3) is 5.74. The maximum Gasteiger partial charge on any atom is 0.330 e. The summed E-state index contributed by atoms with van der Waals surface area (Å²) in [4.78, 5) is 50.7. The Balaban J connectivity index is 2.33. The van der Waals surface area contributed by atoms with Crippen LogP contribution in [0.25, 0.3) is 0 Å². The van der Waals surface area contributed by atoms with Crippen molar-refractivity contribution < 1.29 is 0 Å². The summed E-state index contributed by atoms with van der Waals surface area (Å²) in [5.41, 5.74) is 0.293. The first-order chi connectivity index (χ1) is 14.9. The van der Waals surface area contributed by atoms with Crippen LogP contribution in [0, 0.1) is 0 Å². The van der Waals surface area contributed by atoms with Gasteiger partial charge in [-0.15, -0.1) is 0 Å². The molecule has 0 saturated heterocycles. The Bertz CT molecular complexity index is 1020. The fraction of sp³-hybridized carbons (Fsp3) is 0.652. The van der Waals surface area contributed by atoms with Gasteiger partial charge in [0.05, 0.1) is 0 Å². The number of hydrogen-bond donors (Lipinski definition) is 0. The van der Waals surface area contributed by atoms with Crippen LogP contribution in [0.3, 0.4) is 0 Å². The average Bonchev–Trinajstić information content (AvgIpc) is 2.75. The standard InChI is InChI=1S/C23H36N4O4/c1-5-10-18-16-24(22(30)26(12-7-3)20(18)28)14-9-15-25-17-19(11-6-2)21(29)27(13-8-4)23(25)31/h16-17H,5-15H2,1-4H3. The molecule has 2 heterocycles. The minimum atomic E-state index is -0.304. The van der Waals surface area contributed by atoms with Crippen molar-refractivity contribution in [1.29, 1.82) is 0 Å². The zero-order chi connectivity index (χ0) is 23.0. The molecule has 0 aliphatic carbocycles. The lowest BCUT2D eigenvalue weighted by atomic mass is 10.2. The van der Waals surface area contributed by atoms with Gasteiger partial charge in [0.15, 0.2) is 0 Å². The molecule has 0 amide bonds. The minimum Gasteiger partial charge on any atom is -0.300 e. The molecule has 2 rings (SSSR count). The van der Waals surface area contributed by atoms with Crippen LogP contribution in [0.1, 0.15) is 70.9 Å². The molecular formula is C23H36N4O4. The first-order valence-electron chi connectivity index (χ1n) is 11.6. The summed E-state index contributed by atoms with van der Waals surface area (Å²) in [6.45, 7) is 9.50. The monoisotopic (exact) mass is 432 g/mol. The van der Waals surface area contributed by atoms with Crippen LogP contribution in [0.5, 0.6) is 0 Å². The van der Waals surface area contributed by atoms with Crippen molar-refractivity contribution in [1.82, 2.24) is 18.3 Å². The average molecular weight is 433 g/mol. The van der Waals surface area contributed by atoms with Crippen LogP contribution in [-0.2, 0) is 39.0 Å². The normalized spacial score (nSPS) is 11.2. The summed E-state index contributed by atoms with van der Waals surface area (Å²) in [5, 5.41) is 0. The van der Waals surface area contributed by atoms with Gasteiger partial charge in [0.2, 0.25) is 0 Å². The van der Waals surface area contributed by atoms with E-state index in [0.717, 1.165) is 12.8 Å². The molecule has 0 spiro atoms. The Hall–Kier alpha value is -2.64. The van der Waals surface area contributed by atoms with Crippen molar-refractivity contribution >= 4 is 0 Å². The molecule has 2 aromatic rings. The Morgan fingerprint density at radius 3 is 1.29 bits per heavy atom. The Morgan fingerprint density at radius 2 is 0.968 bits per heavy atom. The van der Waals surface area contributed by atoms with E-state index in [0.29, 0.717) is 69.4 Å². The van der Waals surface area contributed by atoms with Crippen LogP contribution < -0.4 is 22.5 Å². The summed E-state index contributed by atoms with van der Waals surface area (Å²) < 4.78 is 5.81. The third-order valence-electron chi connectivity index (χ3n) is 5.35. The first kappa shape index (κ1) is 24.6. The van der Waals surface area contributed by atoms with Crippen LogP contribution >= 0.6 is 0 Å². The van der Waals surface area contributed by atoms with E-state index in [2.05, 4.69) is 0 Å². The van der Waals surface area contributed by atoms with Crippen LogP contribution in [0.2, 0.25) is 0 Å². The second-order valence-corrected chi connectivity index (χ2v) is 8.03. The third-order valence-corrected chi connectivity index (χ3v) is 5.35. The van der Waals surface area contributed by atoms with E-state index < -0.39 is 0 Å². The Kier molecular flexibility index (Phi) is 9.27. The van der Waals surface area contributed by atoms with Gasteiger partial charge in [0.1, 0.15) is 0 Å². The molecule has 0 aromatic carbocycles. The van der Waals surface area contributed by atoms with Gasteiger partial charge < -0.3 is 9.13 Å². The molecule has 0 N–H and O–H groups in total. The molecule has 172 valence electrons. The van der Waals surface area contributed by atoms with Gasteiger partial charge in [-0.3, -0.25) is 18.7 Å². The van der Waals surface area contributed by atoms with Crippen LogP contribution in [0.15, 0.2) is 31.6 Å². The van der Waals surface area contributed by atoms with Crippen LogP contribution in [0.4, 0.5) is 0 Å². The lowest BCUT2D eigenvalue weighted by Gasteiger charge is -2.14. The molecule has 2 aromatic heterocycles. The van der Waals surface area contributed by atoms with E-state index in [-0.39, 0.29) is 22.5 Å². The second-order valence-electron chi connectivity index (χ2n) is 8.03. The molecule has 0 saturated carbocycles. The van der Waals surface area contributed by atoms with Gasteiger partial charge in [0.25, 0.3) is 11.1 Å². The second kappa shape index (κ2) is 11.7. The number of aryl methyl sites for hydroxylation is 4. The van der Waals surface area contributed by atoms with Crippen molar-refractivity contribution in [2.75, 3.05) is 0 Å². The molecule has 0 unspecified atom stereocenters. The Labute approximate surface area is 182 Å². The number of rotatable bonds is 12. The summed E-state index contributed by atoms with van der Waals surface area (Å²) in [6.07, 6.45) is 8.22. The van der Waals surface area contributed by atoms with Gasteiger partial charge in [-0.25, -0.2) is 9.59 Å². The minimum absolute atomic E-state index is 0.197. The number of nitrogens with zero attached hydrogens (tertiary/aromatic N) is 4. The predicted octanol–water partition coefficient (Wildman–Crippen LogP) is 2.15. The summed E-state index contributed by atoms with van der Waals surface area (Å²) >= 11 is 0. The predicted molar refractivity (Wildman–Crippen MR) is 123 cm³/mol. The summed E-state index contributed by atoms with van der Waals surface area (Å²) in [5.74, 6) is 0. The fourth-order valence-electron chi connectivity index (χ4n) is 3.88. The first-order valence-corrected chi connectivity index (χ1v) is 11.6. The fourth-order valence-corrected chi connectivity index (χ4v) is 3.88. The van der Waals surface area contributed by atoms with Crippen molar-refractivity contribution in [3.8, 4) is 0 Å². The summed E-state index contributed by atoms with van der Waals surface area (Å²) in [6, 6.07) is 0. The highest BCUT2D eigenvalue weighted by Gasteiger charge is 2.13. The van der Waals surface area contributed by atoms with Gasteiger partial charge in [-0.05, 0) is 32.1 Å². The number of hydrogen-bond acceptors (Lipinski definition) is 4. The molecule has 0 aliphatic heterocycles. The molecule has 0 radical (unpaired) electrons. The smallest absolute Gasteiger partial charge is 0.300 e. The molecular weight excluding hydrogens is 396 g/mol. The molecule has 0 bridgehead atoms. The highest BCUT2D eigenvalue weighted by Crippen LogP contribution is 2.00. The van der Waals surface area contributed by atoms with Crippen molar-refractivity contribution in [3.63, 3.8) is 0 Å². The van der Waals surface area contributed by atoms with Gasteiger partial charge in [0, 0.05) is 49.7 Å². The molecule has 0 atom stereocenters. The van der Waals surface area contributed by atoms with Gasteiger partial charge >= 0.3 is 11.4 Å². The van der Waals surface area contributed by atoms with Gasteiger partial charge in [-0.2, -0.15) is 0 Å². The number of aromatic nitrogens is 4. The molecule has 31 heavy (non-hydrogen) atoms. The molecule has 8 heteroatoms. The van der Waals surface area contributed by atoms with E-state index in [4.69, 9.17) is 0 Å². The van der Waals surface area contributed by atoms with E-state index >= 15 is 0 Å². The lowest BCUT2D eigenvalue weighted by molar-refractivity contribution is 0.475. The van der Waals surface area contributed by atoms with E-state index in [1.54, 1.807) is 21.5 Å². The highest BCUT2D eigenvalue weighted by molar-refractivity contribution is 5.07. The molecule has 8 nitrogen and oxygen atoms in total. The van der Waals surface area contributed by atoms with E-state index in [1.807, 2.05) is 27.7 Å². The zero-order valence-electron chi connectivity index (χ0n) is 19.4. The maximum absolute atomic E-state index is 12.8. The highest BCUT2D eigenvalue weighted by atomic mass is 16.2.